The average molecular weight is 280 g/mol. The summed E-state index contributed by atoms with van der Waals surface area (Å²) in [5.74, 6) is -0.143. The summed E-state index contributed by atoms with van der Waals surface area (Å²) < 4.78 is 22.6. The van der Waals surface area contributed by atoms with Gasteiger partial charge >= 0.3 is 0 Å². The van der Waals surface area contributed by atoms with Crippen LogP contribution in [0.5, 0.6) is 0 Å². The molecule has 0 saturated carbocycles. The summed E-state index contributed by atoms with van der Waals surface area (Å²) in [5.41, 5.74) is 0.944. The molecule has 3 rings (SSSR count). The number of aliphatic hydroxyl groups is 1. The topological polar surface area (TPSA) is 57.2 Å². The molecule has 2 aliphatic rings. The number of ether oxygens (including phenoxy) is 4. The lowest BCUT2D eigenvalue weighted by atomic mass is 9.91. The number of fused-ring (bicyclic) bond motifs is 1. The first-order chi connectivity index (χ1) is 9.70. The molecule has 1 aromatic carbocycles. The second-order valence-electron chi connectivity index (χ2n) is 5.30. The van der Waals surface area contributed by atoms with Crippen LogP contribution in [0.3, 0.4) is 0 Å². The van der Waals surface area contributed by atoms with Gasteiger partial charge in [0, 0.05) is 18.6 Å². The second kappa shape index (κ2) is 5.79. The second-order valence-corrected chi connectivity index (χ2v) is 5.30. The average Bonchev–Trinajstić information content (AvgIpc) is 2.51. The van der Waals surface area contributed by atoms with Crippen LogP contribution in [0.2, 0.25) is 0 Å². The van der Waals surface area contributed by atoms with Crippen molar-refractivity contribution in [2.75, 3.05) is 13.7 Å². The van der Waals surface area contributed by atoms with E-state index in [2.05, 4.69) is 0 Å². The summed E-state index contributed by atoms with van der Waals surface area (Å²) in [7, 11) is 1.57. The van der Waals surface area contributed by atoms with Gasteiger partial charge in [-0.25, -0.2) is 0 Å². The zero-order chi connectivity index (χ0) is 14.1. The quantitative estimate of drug-likeness (QED) is 0.889. The summed E-state index contributed by atoms with van der Waals surface area (Å²) in [6.45, 7) is 2.28. The van der Waals surface area contributed by atoms with E-state index in [0.29, 0.717) is 6.61 Å². The number of aliphatic hydroxyl groups excluding tert-OH is 1. The maximum atomic E-state index is 10.4. The Balaban J connectivity index is 1.74. The summed E-state index contributed by atoms with van der Waals surface area (Å²) in [6.07, 6.45) is -2.20. The highest BCUT2D eigenvalue weighted by molar-refractivity contribution is 5.16. The number of methoxy groups -OCH3 is 1. The van der Waals surface area contributed by atoms with E-state index in [1.165, 1.54) is 0 Å². The predicted molar refractivity (Wildman–Crippen MR) is 70.8 cm³/mol. The van der Waals surface area contributed by atoms with E-state index >= 15 is 0 Å². The van der Waals surface area contributed by atoms with Crippen molar-refractivity contribution in [1.82, 2.24) is 0 Å². The zero-order valence-electron chi connectivity index (χ0n) is 11.6. The Bertz CT molecular complexity index is 435. The first kappa shape index (κ1) is 14.0. The van der Waals surface area contributed by atoms with Crippen LogP contribution < -0.4 is 0 Å². The Morgan fingerprint density at radius 2 is 1.95 bits per heavy atom. The van der Waals surface area contributed by atoms with E-state index in [9.17, 15) is 5.11 Å². The van der Waals surface area contributed by atoms with E-state index < -0.39 is 24.8 Å². The molecular formula is C15H20O5. The van der Waals surface area contributed by atoms with E-state index in [1.54, 1.807) is 7.11 Å². The van der Waals surface area contributed by atoms with Crippen LogP contribution in [-0.4, -0.2) is 43.4 Å². The van der Waals surface area contributed by atoms with E-state index in [4.69, 9.17) is 18.9 Å². The van der Waals surface area contributed by atoms with Gasteiger partial charge in [0.05, 0.1) is 12.7 Å². The van der Waals surface area contributed by atoms with Crippen LogP contribution >= 0.6 is 0 Å². The number of hydrogen-bond acceptors (Lipinski definition) is 5. The fraction of sp³-hybridized carbons (Fsp3) is 0.600. The van der Waals surface area contributed by atoms with Gasteiger partial charge in [-0.15, -0.1) is 0 Å². The normalized spacial score (nSPS) is 41.1. The van der Waals surface area contributed by atoms with Crippen LogP contribution in [0.1, 0.15) is 18.8 Å². The molecule has 5 heteroatoms. The smallest absolute Gasteiger partial charge is 0.184 e. The van der Waals surface area contributed by atoms with Crippen LogP contribution in [0.25, 0.3) is 0 Å². The zero-order valence-corrected chi connectivity index (χ0v) is 11.6. The lowest BCUT2D eigenvalue weighted by molar-refractivity contribution is -0.348. The molecule has 2 fully saturated rings. The first-order valence-corrected chi connectivity index (χ1v) is 6.89. The van der Waals surface area contributed by atoms with Crippen LogP contribution in [0.15, 0.2) is 30.3 Å². The van der Waals surface area contributed by atoms with Gasteiger partial charge in [-0.1, -0.05) is 37.3 Å². The van der Waals surface area contributed by atoms with Gasteiger partial charge in [0.25, 0.3) is 0 Å². The van der Waals surface area contributed by atoms with Gasteiger partial charge in [-0.3, -0.25) is 0 Å². The Labute approximate surface area is 118 Å². The monoisotopic (exact) mass is 280 g/mol. The first-order valence-electron chi connectivity index (χ1n) is 6.89. The Kier molecular flexibility index (Phi) is 4.05. The van der Waals surface area contributed by atoms with E-state index in [-0.39, 0.29) is 12.0 Å². The lowest BCUT2D eigenvalue weighted by Gasteiger charge is -2.46. The Morgan fingerprint density at radius 3 is 2.65 bits per heavy atom. The maximum absolute atomic E-state index is 10.4. The molecule has 0 amide bonds. The van der Waals surface area contributed by atoms with Crippen LogP contribution in [0, 0.1) is 5.92 Å². The molecule has 0 bridgehead atoms. The van der Waals surface area contributed by atoms with Crippen LogP contribution in [-0.2, 0) is 18.9 Å². The molecule has 0 radical (unpaired) electrons. The molecule has 0 aliphatic carbocycles. The van der Waals surface area contributed by atoms with E-state index in [1.807, 2.05) is 37.3 Å². The number of benzene rings is 1. The molecule has 2 heterocycles. The van der Waals surface area contributed by atoms with Crippen molar-refractivity contribution in [3.8, 4) is 0 Å². The molecule has 2 aliphatic heterocycles. The molecule has 0 aromatic heterocycles. The third-order valence-corrected chi connectivity index (χ3v) is 3.98. The fourth-order valence-corrected chi connectivity index (χ4v) is 2.78. The van der Waals surface area contributed by atoms with Gasteiger partial charge in [0.15, 0.2) is 12.6 Å². The van der Waals surface area contributed by atoms with Crippen molar-refractivity contribution >= 4 is 0 Å². The van der Waals surface area contributed by atoms with Crippen LogP contribution in [0.4, 0.5) is 0 Å². The standard InChI is InChI=1S/C15H20O5/c1-9-12(16)13-11(19-14(9)17-2)8-18-15(20-13)10-6-4-3-5-7-10/h3-7,9,11-16H,8H2,1-2H3/t9-,11+,12-,13+,14-,15+/m0/s1. The minimum absolute atomic E-state index is 0.143. The highest BCUT2D eigenvalue weighted by atomic mass is 16.7. The summed E-state index contributed by atoms with van der Waals surface area (Å²) >= 11 is 0. The van der Waals surface area contributed by atoms with Gasteiger partial charge in [0.1, 0.15) is 12.2 Å². The molecule has 0 unspecified atom stereocenters. The molecular weight excluding hydrogens is 260 g/mol. The molecule has 110 valence electrons. The Hall–Kier alpha value is -0.980. The van der Waals surface area contributed by atoms with Gasteiger partial charge in [-0.05, 0) is 0 Å². The highest BCUT2D eigenvalue weighted by Crippen LogP contribution is 2.36. The fourth-order valence-electron chi connectivity index (χ4n) is 2.78. The predicted octanol–water partition coefficient (Wildman–Crippen LogP) is 1.47. The van der Waals surface area contributed by atoms with Gasteiger partial charge in [0.2, 0.25) is 0 Å². The third kappa shape index (κ3) is 2.47. The van der Waals surface area contributed by atoms with Gasteiger partial charge in [-0.2, -0.15) is 0 Å². The molecule has 5 nitrogen and oxygen atoms in total. The molecule has 0 spiro atoms. The van der Waals surface area contributed by atoms with Crippen molar-refractivity contribution in [3.05, 3.63) is 35.9 Å². The molecule has 6 atom stereocenters. The summed E-state index contributed by atoms with van der Waals surface area (Å²) in [6, 6.07) is 9.71. The van der Waals surface area contributed by atoms with Gasteiger partial charge < -0.3 is 24.1 Å². The third-order valence-electron chi connectivity index (χ3n) is 3.98. The number of hydrogen-bond donors (Lipinski definition) is 1. The maximum Gasteiger partial charge on any atom is 0.184 e. The number of rotatable bonds is 2. The van der Waals surface area contributed by atoms with Crippen molar-refractivity contribution in [2.24, 2.45) is 5.92 Å². The van der Waals surface area contributed by atoms with Crippen molar-refractivity contribution in [2.45, 2.75) is 37.8 Å². The SMILES string of the molecule is CO[C@H]1O[C@@H]2CO[C@@H](c3ccccc3)O[C@H]2[C@@H](O)[C@@H]1C. The summed E-state index contributed by atoms with van der Waals surface area (Å²) in [5, 5.41) is 10.4. The Morgan fingerprint density at radius 1 is 1.20 bits per heavy atom. The highest BCUT2D eigenvalue weighted by Gasteiger charge is 2.47. The lowest BCUT2D eigenvalue weighted by Crippen LogP contribution is -2.58. The molecule has 1 aromatic rings. The molecule has 1 N–H and O–H groups in total. The summed E-state index contributed by atoms with van der Waals surface area (Å²) in [4.78, 5) is 0. The minimum Gasteiger partial charge on any atom is -0.390 e. The minimum atomic E-state index is -0.631. The van der Waals surface area contributed by atoms with Crippen molar-refractivity contribution < 1.29 is 24.1 Å². The largest absolute Gasteiger partial charge is 0.390 e. The molecule has 20 heavy (non-hydrogen) atoms. The van der Waals surface area contributed by atoms with Crippen molar-refractivity contribution in [1.29, 1.82) is 0 Å². The van der Waals surface area contributed by atoms with Crippen molar-refractivity contribution in [3.63, 3.8) is 0 Å². The molecule has 2 saturated heterocycles. The van der Waals surface area contributed by atoms with E-state index in [0.717, 1.165) is 5.56 Å².